The zero-order chi connectivity index (χ0) is 20.8. The molecule has 0 aliphatic carbocycles. The van der Waals surface area contributed by atoms with Gasteiger partial charge in [0.2, 0.25) is 11.8 Å². The van der Waals surface area contributed by atoms with Crippen molar-refractivity contribution in [1.82, 2.24) is 14.8 Å². The predicted octanol–water partition coefficient (Wildman–Crippen LogP) is 3.34. The highest BCUT2D eigenvalue weighted by molar-refractivity contribution is 7.99. The molecular formula is C21H23N5O2S. The van der Waals surface area contributed by atoms with E-state index in [1.807, 2.05) is 62.4 Å². The second kappa shape index (κ2) is 9.38. The normalized spacial score (nSPS) is 10.6. The molecule has 0 aliphatic heterocycles. The van der Waals surface area contributed by atoms with Crippen LogP contribution < -0.4 is 10.6 Å². The molecule has 2 aromatic carbocycles. The number of carbonyl (C=O) groups excluding carboxylic acids is 2. The fraction of sp³-hybridized carbons (Fsp3) is 0.238. The summed E-state index contributed by atoms with van der Waals surface area (Å²) in [6, 6.07) is 15.2. The SMILES string of the molecule is Cc1ccc(NC(=O)CSc2nnc(CC(=O)Nc3ccc(C)cc3)n2C)cc1. The summed E-state index contributed by atoms with van der Waals surface area (Å²) in [4.78, 5) is 24.4. The van der Waals surface area contributed by atoms with Crippen LogP contribution in [0.3, 0.4) is 0 Å². The largest absolute Gasteiger partial charge is 0.326 e. The molecule has 0 saturated carbocycles. The molecule has 0 bridgehead atoms. The lowest BCUT2D eigenvalue weighted by molar-refractivity contribution is -0.116. The topological polar surface area (TPSA) is 88.9 Å². The molecular weight excluding hydrogens is 386 g/mol. The van der Waals surface area contributed by atoms with Gasteiger partial charge in [0.15, 0.2) is 5.16 Å². The van der Waals surface area contributed by atoms with Gasteiger partial charge < -0.3 is 15.2 Å². The van der Waals surface area contributed by atoms with Gasteiger partial charge in [-0.1, -0.05) is 47.2 Å². The number of benzene rings is 2. The van der Waals surface area contributed by atoms with Gasteiger partial charge in [-0.25, -0.2) is 0 Å². The lowest BCUT2D eigenvalue weighted by Crippen LogP contribution is -2.17. The van der Waals surface area contributed by atoms with Gasteiger partial charge in [-0.2, -0.15) is 0 Å². The molecule has 8 heteroatoms. The van der Waals surface area contributed by atoms with Crippen LogP contribution in [0.5, 0.6) is 0 Å². The number of carbonyl (C=O) groups is 2. The molecule has 150 valence electrons. The second-order valence-electron chi connectivity index (χ2n) is 6.75. The number of aryl methyl sites for hydroxylation is 2. The molecule has 7 nitrogen and oxygen atoms in total. The minimum absolute atomic E-state index is 0.105. The molecule has 0 atom stereocenters. The first-order valence-electron chi connectivity index (χ1n) is 9.15. The van der Waals surface area contributed by atoms with Crippen molar-refractivity contribution in [2.24, 2.45) is 7.05 Å². The van der Waals surface area contributed by atoms with Crippen LogP contribution in [0.2, 0.25) is 0 Å². The van der Waals surface area contributed by atoms with Crippen molar-refractivity contribution >= 4 is 35.0 Å². The third-order valence-electron chi connectivity index (χ3n) is 4.25. The first-order chi connectivity index (χ1) is 13.9. The average molecular weight is 410 g/mol. The van der Waals surface area contributed by atoms with Crippen LogP contribution in [0.4, 0.5) is 11.4 Å². The molecule has 0 saturated heterocycles. The molecule has 1 aromatic heterocycles. The number of amides is 2. The molecule has 3 aromatic rings. The molecule has 0 aliphatic rings. The van der Waals surface area contributed by atoms with Gasteiger partial charge in [0.25, 0.3) is 0 Å². The standard InChI is InChI=1S/C21H23N5O2S/c1-14-4-8-16(9-5-14)22-19(27)12-18-24-25-21(26(18)3)29-13-20(28)23-17-10-6-15(2)7-11-17/h4-11H,12-13H2,1-3H3,(H,22,27)(H,23,28). The molecule has 2 amide bonds. The quantitative estimate of drug-likeness (QED) is 0.584. The maximum absolute atomic E-state index is 12.3. The van der Waals surface area contributed by atoms with Gasteiger partial charge in [0.1, 0.15) is 5.82 Å². The summed E-state index contributed by atoms with van der Waals surface area (Å²) in [5.74, 6) is 0.449. The zero-order valence-corrected chi connectivity index (χ0v) is 17.4. The van der Waals surface area contributed by atoms with Crippen molar-refractivity contribution in [3.8, 4) is 0 Å². The van der Waals surface area contributed by atoms with Gasteiger partial charge in [-0.05, 0) is 38.1 Å². The fourth-order valence-electron chi connectivity index (χ4n) is 2.57. The molecule has 2 N–H and O–H groups in total. The maximum Gasteiger partial charge on any atom is 0.234 e. The van der Waals surface area contributed by atoms with E-state index in [9.17, 15) is 9.59 Å². The fourth-order valence-corrected chi connectivity index (χ4v) is 3.30. The Morgan fingerprint density at radius 1 is 0.862 bits per heavy atom. The number of hydrogen-bond acceptors (Lipinski definition) is 5. The van der Waals surface area contributed by atoms with Crippen LogP contribution in [-0.4, -0.2) is 32.3 Å². The van der Waals surface area contributed by atoms with Crippen LogP contribution in [0.15, 0.2) is 53.7 Å². The van der Waals surface area contributed by atoms with Crippen LogP contribution in [-0.2, 0) is 23.1 Å². The Labute approximate surface area is 173 Å². The summed E-state index contributed by atoms with van der Waals surface area (Å²) in [6.45, 7) is 3.99. The van der Waals surface area contributed by atoms with Gasteiger partial charge in [0.05, 0.1) is 12.2 Å². The van der Waals surface area contributed by atoms with E-state index in [0.29, 0.717) is 11.0 Å². The number of rotatable bonds is 7. The van der Waals surface area contributed by atoms with Gasteiger partial charge >= 0.3 is 0 Å². The summed E-state index contributed by atoms with van der Waals surface area (Å²) in [5, 5.41) is 14.5. The summed E-state index contributed by atoms with van der Waals surface area (Å²) in [7, 11) is 1.79. The third-order valence-corrected chi connectivity index (χ3v) is 5.27. The molecule has 0 radical (unpaired) electrons. The van der Waals surface area contributed by atoms with E-state index < -0.39 is 0 Å². The summed E-state index contributed by atoms with van der Waals surface area (Å²) in [5.41, 5.74) is 3.76. The summed E-state index contributed by atoms with van der Waals surface area (Å²) < 4.78 is 1.73. The summed E-state index contributed by atoms with van der Waals surface area (Å²) in [6.07, 6.45) is 0.105. The molecule has 29 heavy (non-hydrogen) atoms. The minimum Gasteiger partial charge on any atom is -0.326 e. The van der Waals surface area contributed by atoms with Crippen molar-refractivity contribution < 1.29 is 9.59 Å². The highest BCUT2D eigenvalue weighted by Crippen LogP contribution is 2.17. The van der Waals surface area contributed by atoms with Gasteiger partial charge in [-0.15, -0.1) is 10.2 Å². The second-order valence-corrected chi connectivity index (χ2v) is 7.69. The van der Waals surface area contributed by atoms with Crippen LogP contribution in [0.1, 0.15) is 17.0 Å². The monoisotopic (exact) mass is 409 g/mol. The maximum atomic E-state index is 12.3. The van der Waals surface area contributed by atoms with E-state index >= 15 is 0 Å². The van der Waals surface area contributed by atoms with Crippen LogP contribution in [0.25, 0.3) is 0 Å². The first kappa shape index (κ1) is 20.6. The molecule has 1 heterocycles. The number of hydrogen-bond donors (Lipinski definition) is 2. The first-order valence-corrected chi connectivity index (χ1v) is 10.1. The average Bonchev–Trinajstić information content (AvgIpc) is 3.03. The predicted molar refractivity (Wildman–Crippen MR) is 115 cm³/mol. The highest BCUT2D eigenvalue weighted by Gasteiger charge is 2.14. The molecule has 0 unspecified atom stereocenters. The Morgan fingerprint density at radius 2 is 1.38 bits per heavy atom. The Bertz CT molecular complexity index is 997. The van der Waals surface area contributed by atoms with Crippen molar-refractivity contribution in [2.75, 3.05) is 16.4 Å². The number of nitrogens with one attached hydrogen (secondary N) is 2. The Balaban J connectivity index is 1.51. The Hall–Kier alpha value is -3.13. The van der Waals surface area contributed by atoms with E-state index in [2.05, 4.69) is 20.8 Å². The number of nitrogens with zero attached hydrogens (tertiary/aromatic N) is 3. The molecule has 3 rings (SSSR count). The summed E-state index contributed by atoms with van der Waals surface area (Å²) >= 11 is 1.28. The van der Waals surface area contributed by atoms with E-state index in [1.165, 1.54) is 11.8 Å². The number of thioether (sulfide) groups is 1. The zero-order valence-electron chi connectivity index (χ0n) is 16.6. The smallest absolute Gasteiger partial charge is 0.234 e. The molecule has 0 fully saturated rings. The van der Waals surface area contributed by atoms with Crippen LogP contribution in [0, 0.1) is 13.8 Å². The number of aromatic nitrogens is 3. The lowest BCUT2D eigenvalue weighted by atomic mass is 10.2. The van der Waals surface area contributed by atoms with Gasteiger partial charge in [-0.3, -0.25) is 9.59 Å². The van der Waals surface area contributed by atoms with E-state index in [1.54, 1.807) is 11.6 Å². The van der Waals surface area contributed by atoms with E-state index in [0.717, 1.165) is 22.5 Å². The Kier molecular flexibility index (Phi) is 6.66. The van der Waals surface area contributed by atoms with Gasteiger partial charge in [0, 0.05) is 18.4 Å². The van der Waals surface area contributed by atoms with Crippen molar-refractivity contribution in [2.45, 2.75) is 25.4 Å². The van der Waals surface area contributed by atoms with Crippen molar-refractivity contribution in [3.63, 3.8) is 0 Å². The number of anilines is 2. The van der Waals surface area contributed by atoms with E-state index in [-0.39, 0.29) is 24.0 Å². The van der Waals surface area contributed by atoms with Crippen molar-refractivity contribution in [3.05, 3.63) is 65.5 Å². The van der Waals surface area contributed by atoms with Crippen LogP contribution >= 0.6 is 11.8 Å². The minimum atomic E-state index is -0.169. The highest BCUT2D eigenvalue weighted by atomic mass is 32.2. The van der Waals surface area contributed by atoms with E-state index in [4.69, 9.17) is 0 Å². The Morgan fingerprint density at radius 3 is 1.93 bits per heavy atom. The molecule has 0 spiro atoms. The lowest BCUT2D eigenvalue weighted by Gasteiger charge is -2.07. The van der Waals surface area contributed by atoms with Crippen molar-refractivity contribution in [1.29, 1.82) is 0 Å². The third kappa shape index (κ3) is 5.92.